The van der Waals surface area contributed by atoms with Crippen LogP contribution in [0.4, 0.5) is 4.39 Å². The zero-order chi connectivity index (χ0) is 12.0. The van der Waals surface area contributed by atoms with Gasteiger partial charge in [-0.25, -0.2) is 4.39 Å². The maximum absolute atomic E-state index is 12.9. The van der Waals surface area contributed by atoms with Crippen LogP contribution in [0.25, 0.3) is 11.1 Å². The van der Waals surface area contributed by atoms with Crippen molar-refractivity contribution < 1.29 is 28.9 Å². The molecule has 2 rings (SSSR count). The molecular formula is C12H9ClFOTi. The number of halogens is 2. The van der Waals surface area contributed by atoms with E-state index < -0.39 is 0 Å². The molecule has 0 amide bonds. The van der Waals surface area contributed by atoms with Gasteiger partial charge in [0.15, 0.2) is 0 Å². The molecule has 0 aliphatic carbocycles. The van der Waals surface area contributed by atoms with Crippen LogP contribution in [0.15, 0.2) is 48.5 Å². The van der Waals surface area contributed by atoms with Crippen molar-refractivity contribution in [1.29, 1.82) is 0 Å². The summed E-state index contributed by atoms with van der Waals surface area (Å²) in [5, 5.41) is 9.52. The molecule has 2 aromatic carbocycles. The fourth-order valence-electron chi connectivity index (χ4n) is 1.36. The van der Waals surface area contributed by atoms with E-state index in [-0.39, 0.29) is 11.6 Å². The van der Waals surface area contributed by atoms with Crippen LogP contribution in [0.1, 0.15) is 0 Å². The minimum absolute atomic E-state index is 0.0950. The number of phenols is 1. The Hall–Kier alpha value is -0.826. The van der Waals surface area contributed by atoms with Gasteiger partial charge in [0, 0.05) is 5.56 Å². The van der Waals surface area contributed by atoms with Crippen molar-refractivity contribution >= 4 is 9.30 Å². The van der Waals surface area contributed by atoms with Crippen molar-refractivity contribution in [2.24, 2.45) is 0 Å². The van der Waals surface area contributed by atoms with E-state index in [0.717, 1.165) is 5.56 Å². The summed E-state index contributed by atoms with van der Waals surface area (Å²) in [7, 11) is 4.64. The third-order valence-electron chi connectivity index (χ3n) is 2.04. The second-order valence-corrected chi connectivity index (χ2v) is 3.03. The van der Waals surface area contributed by atoms with Gasteiger partial charge in [-0.3, -0.25) is 0 Å². The molecule has 0 heterocycles. The molecule has 0 unspecified atom stereocenters. The monoisotopic (exact) mass is 271 g/mol. The van der Waals surface area contributed by atoms with Gasteiger partial charge >= 0.3 is 28.7 Å². The van der Waals surface area contributed by atoms with E-state index in [2.05, 4.69) is 9.30 Å². The minimum atomic E-state index is -0.346. The van der Waals surface area contributed by atoms with Gasteiger partial charge in [0.05, 0.1) is 0 Å². The molecule has 0 radical (unpaired) electrons. The standard InChI is InChI=1S/C12H9FO.ClH.Ti/c13-10-6-7-12(14)11(8-10)9-4-2-1-3-5-9;;/h1-8,14H;1H;/q;;+1/p-1. The van der Waals surface area contributed by atoms with Gasteiger partial charge in [0.25, 0.3) is 0 Å². The molecule has 0 saturated heterocycles. The van der Waals surface area contributed by atoms with Crippen LogP contribution < -0.4 is 0 Å². The number of hydrogen-bond acceptors (Lipinski definition) is 1. The maximum atomic E-state index is 12.9. The van der Waals surface area contributed by atoms with E-state index in [0.29, 0.717) is 5.56 Å². The van der Waals surface area contributed by atoms with Crippen molar-refractivity contribution in [1.82, 2.24) is 0 Å². The summed E-state index contributed by atoms with van der Waals surface area (Å²) in [6, 6.07) is 13.1. The van der Waals surface area contributed by atoms with Gasteiger partial charge in [-0.2, -0.15) is 0 Å². The number of hydrogen-bond donors (Lipinski definition) is 1. The first-order chi connectivity index (χ1) is 7.77. The SMILES string of the molecule is Oc1ccc(F)cc1-c1ccccc1.[Cl][Ti]. The Balaban J connectivity index is 0.000000606. The Bertz CT molecular complexity index is 448. The average molecular weight is 272 g/mol. The number of benzene rings is 2. The Morgan fingerprint density at radius 3 is 2.25 bits per heavy atom. The second kappa shape index (κ2) is 6.69. The molecule has 1 nitrogen and oxygen atoms in total. The van der Waals surface area contributed by atoms with Crippen LogP contribution >= 0.6 is 9.30 Å². The molecule has 16 heavy (non-hydrogen) atoms. The topological polar surface area (TPSA) is 20.2 Å². The van der Waals surface area contributed by atoms with E-state index in [1.54, 1.807) is 0 Å². The van der Waals surface area contributed by atoms with Gasteiger partial charge < -0.3 is 5.11 Å². The van der Waals surface area contributed by atoms with Crippen LogP contribution in [0.2, 0.25) is 0 Å². The summed E-state index contributed by atoms with van der Waals surface area (Å²) in [5.41, 5.74) is 1.33. The average Bonchev–Trinajstić information content (AvgIpc) is 2.36. The van der Waals surface area contributed by atoms with E-state index in [9.17, 15) is 9.50 Å². The third kappa shape index (κ3) is 3.34. The van der Waals surface area contributed by atoms with Crippen LogP contribution in [-0.4, -0.2) is 5.11 Å². The molecule has 0 saturated carbocycles. The van der Waals surface area contributed by atoms with Gasteiger partial charge in [-0.1, -0.05) is 30.3 Å². The van der Waals surface area contributed by atoms with E-state index in [1.165, 1.54) is 37.6 Å². The fourth-order valence-corrected chi connectivity index (χ4v) is 1.36. The first-order valence-corrected chi connectivity index (χ1v) is 6.65. The Kier molecular flexibility index (Phi) is 5.54. The summed E-state index contributed by atoms with van der Waals surface area (Å²) in [4.78, 5) is 0. The second-order valence-electron chi connectivity index (χ2n) is 3.03. The molecule has 0 aliphatic rings. The first-order valence-electron chi connectivity index (χ1n) is 4.50. The van der Waals surface area contributed by atoms with Crippen LogP contribution in [-0.2, 0) is 19.4 Å². The molecule has 0 aliphatic heterocycles. The zero-order valence-corrected chi connectivity index (χ0v) is 10.6. The van der Waals surface area contributed by atoms with Crippen molar-refractivity contribution in [3.8, 4) is 16.9 Å². The molecule has 0 fully saturated rings. The molecule has 0 bridgehead atoms. The molecule has 81 valence electrons. The summed E-state index contributed by atoms with van der Waals surface area (Å²) in [6.45, 7) is 0. The molecular weight excluding hydrogens is 262 g/mol. The summed E-state index contributed by atoms with van der Waals surface area (Å²) >= 11 is 1.47. The molecule has 1 N–H and O–H groups in total. The van der Waals surface area contributed by atoms with Crippen LogP contribution in [0.3, 0.4) is 0 Å². The van der Waals surface area contributed by atoms with E-state index in [4.69, 9.17) is 0 Å². The van der Waals surface area contributed by atoms with Crippen molar-refractivity contribution in [2.45, 2.75) is 0 Å². The summed E-state index contributed by atoms with van der Waals surface area (Å²) in [6.07, 6.45) is 0. The predicted molar refractivity (Wildman–Crippen MR) is 59.4 cm³/mol. The molecule has 4 heteroatoms. The quantitative estimate of drug-likeness (QED) is 0.780. The molecule has 0 spiro atoms. The normalized spacial score (nSPS) is 9.06. The Morgan fingerprint density at radius 1 is 1.00 bits per heavy atom. The van der Waals surface area contributed by atoms with Crippen molar-refractivity contribution in [3.63, 3.8) is 0 Å². The van der Waals surface area contributed by atoms with Crippen molar-refractivity contribution in [3.05, 3.63) is 54.3 Å². The molecule has 0 aromatic heterocycles. The van der Waals surface area contributed by atoms with Crippen LogP contribution in [0.5, 0.6) is 5.75 Å². The number of aromatic hydroxyl groups is 1. The fraction of sp³-hybridized carbons (Fsp3) is 0. The van der Waals surface area contributed by atoms with Crippen molar-refractivity contribution in [2.75, 3.05) is 0 Å². The molecule has 2 aromatic rings. The van der Waals surface area contributed by atoms with Crippen LogP contribution in [0, 0.1) is 5.82 Å². The molecule has 0 atom stereocenters. The summed E-state index contributed by atoms with van der Waals surface area (Å²) in [5.74, 6) is -0.251. The Morgan fingerprint density at radius 2 is 1.62 bits per heavy atom. The van der Waals surface area contributed by atoms with E-state index in [1.807, 2.05) is 30.3 Å². The van der Waals surface area contributed by atoms with Gasteiger partial charge in [-0.15, -0.1) is 0 Å². The van der Waals surface area contributed by atoms with E-state index >= 15 is 0 Å². The first kappa shape index (κ1) is 13.2. The number of phenolic OH excluding ortho intramolecular Hbond substituents is 1. The van der Waals surface area contributed by atoms with Gasteiger partial charge in [0.1, 0.15) is 11.6 Å². The van der Waals surface area contributed by atoms with Gasteiger partial charge in [-0.05, 0) is 23.8 Å². The Labute approximate surface area is 109 Å². The zero-order valence-electron chi connectivity index (χ0n) is 8.32. The van der Waals surface area contributed by atoms with Gasteiger partial charge in [0.2, 0.25) is 0 Å². The third-order valence-corrected chi connectivity index (χ3v) is 2.04. The number of rotatable bonds is 1. The summed E-state index contributed by atoms with van der Waals surface area (Å²) < 4.78 is 12.9. The predicted octanol–water partition coefficient (Wildman–Crippen LogP) is 3.89.